The van der Waals surface area contributed by atoms with Gasteiger partial charge in [-0.1, -0.05) is 40.7 Å². The summed E-state index contributed by atoms with van der Waals surface area (Å²) in [4.78, 5) is 4.41. The highest BCUT2D eigenvalue weighted by Crippen LogP contribution is 2.21. The summed E-state index contributed by atoms with van der Waals surface area (Å²) in [5.74, 6) is -0.236. The van der Waals surface area contributed by atoms with Gasteiger partial charge in [0.25, 0.3) is 0 Å². The SMILES string of the molecule is C/C(=N\Nc1ccccc1)c1ccc(O[Cl+3]([O-])([O-])[O-])c(/C(C)=N/Nc2ccccc2)n1. The minimum Gasteiger partial charge on any atom is -0.278 e. The summed E-state index contributed by atoms with van der Waals surface area (Å²) in [5.41, 5.74) is 8.65. The Hall–Kier alpha value is -3.50. The number of para-hydroxylation sites is 2. The first-order chi connectivity index (χ1) is 14.8. The molecule has 3 aromatic rings. The fourth-order valence-electron chi connectivity index (χ4n) is 2.50. The number of aromatic nitrogens is 1. The van der Waals surface area contributed by atoms with E-state index in [-0.39, 0.29) is 11.4 Å². The zero-order valence-corrected chi connectivity index (χ0v) is 17.5. The van der Waals surface area contributed by atoms with E-state index in [2.05, 4.69) is 30.3 Å². The summed E-state index contributed by atoms with van der Waals surface area (Å²) in [6.45, 7) is 3.35. The molecule has 0 aliphatic heterocycles. The molecule has 0 aliphatic rings. The van der Waals surface area contributed by atoms with E-state index in [1.54, 1.807) is 13.8 Å². The largest absolute Gasteiger partial charge is 0.315 e. The monoisotopic (exact) mass is 441 g/mol. The lowest BCUT2D eigenvalue weighted by Crippen LogP contribution is -2.63. The van der Waals surface area contributed by atoms with Gasteiger partial charge in [-0.3, -0.25) is 10.9 Å². The average Bonchev–Trinajstić information content (AvgIpc) is 2.76. The Morgan fingerprint density at radius 2 is 1.29 bits per heavy atom. The van der Waals surface area contributed by atoms with Crippen molar-refractivity contribution in [1.29, 1.82) is 0 Å². The number of halogens is 1. The minimum atomic E-state index is -4.69. The number of benzene rings is 2. The highest BCUT2D eigenvalue weighted by Gasteiger charge is 2.25. The molecule has 160 valence electrons. The lowest BCUT2D eigenvalue weighted by atomic mass is 10.2. The summed E-state index contributed by atoms with van der Waals surface area (Å²) in [7, 11) is -4.69. The second kappa shape index (κ2) is 10.0. The van der Waals surface area contributed by atoms with Crippen molar-refractivity contribution >= 4 is 22.8 Å². The molecule has 0 bridgehead atoms. The van der Waals surface area contributed by atoms with Crippen LogP contribution in [0.4, 0.5) is 11.4 Å². The van der Waals surface area contributed by atoms with Gasteiger partial charge in [0, 0.05) is 6.07 Å². The molecular weight excluding hydrogens is 422 g/mol. The number of nitrogens with one attached hydrogen (secondary N) is 2. The Kier molecular flexibility index (Phi) is 7.16. The smallest absolute Gasteiger partial charge is 0.278 e. The molecule has 0 atom stereocenters. The van der Waals surface area contributed by atoms with Gasteiger partial charge in [0.1, 0.15) is 15.9 Å². The first kappa shape index (κ1) is 22.2. The van der Waals surface area contributed by atoms with E-state index >= 15 is 0 Å². The van der Waals surface area contributed by atoms with Gasteiger partial charge in [-0.25, -0.2) is 4.98 Å². The van der Waals surface area contributed by atoms with E-state index in [0.29, 0.717) is 17.1 Å². The van der Waals surface area contributed by atoms with Gasteiger partial charge in [0.15, 0.2) is 0 Å². The highest BCUT2D eigenvalue weighted by atomic mass is 35.7. The number of hydrogen-bond acceptors (Lipinski definition) is 9. The number of pyridine rings is 1. The molecule has 9 nitrogen and oxygen atoms in total. The highest BCUT2D eigenvalue weighted by molar-refractivity contribution is 6.02. The van der Waals surface area contributed by atoms with Gasteiger partial charge in [-0.2, -0.15) is 24.2 Å². The number of hydrazone groups is 2. The van der Waals surface area contributed by atoms with E-state index in [1.807, 2.05) is 60.7 Å². The van der Waals surface area contributed by atoms with Crippen molar-refractivity contribution in [2.45, 2.75) is 13.8 Å². The standard InChI is InChI=1S/C21H20ClN5O4/c1-15(24-26-17-9-5-3-6-10-17)19-13-14-20(31-22(28,29)30)21(23-19)16(2)25-27-18-11-7-4-8-12-18/h3-14,26-27H,1-2H3/b24-15+,25-16+. The van der Waals surface area contributed by atoms with Gasteiger partial charge in [-0.05, 0) is 44.2 Å². The van der Waals surface area contributed by atoms with Crippen LogP contribution in [-0.2, 0) is 0 Å². The van der Waals surface area contributed by atoms with Crippen LogP contribution in [-0.4, -0.2) is 16.4 Å². The lowest BCUT2D eigenvalue weighted by Gasteiger charge is -2.14. The molecular formula is C21H20ClN5O4. The molecule has 2 N–H and O–H groups in total. The topological polar surface area (TPSA) is 140 Å². The molecule has 0 saturated carbocycles. The van der Waals surface area contributed by atoms with E-state index < -0.39 is 10.2 Å². The molecule has 3 rings (SSSR count). The van der Waals surface area contributed by atoms with Gasteiger partial charge in [0.05, 0.1) is 28.5 Å². The quantitative estimate of drug-likeness (QED) is 0.393. The maximum absolute atomic E-state index is 11.1. The van der Waals surface area contributed by atoms with E-state index in [0.717, 1.165) is 11.4 Å². The van der Waals surface area contributed by atoms with E-state index in [4.69, 9.17) is 0 Å². The average molecular weight is 442 g/mol. The van der Waals surface area contributed by atoms with Crippen LogP contribution >= 0.6 is 0 Å². The molecule has 0 fully saturated rings. The molecule has 0 radical (unpaired) electrons. The molecule has 0 saturated heterocycles. The predicted molar refractivity (Wildman–Crippen MR) is 109 cm³/mol. The Balaban J connectivity index is 1.90. The normalized spacial score (nSPS) is 12.4. The third-order valence-electron chi connectivity index (χ3n) is 4.00. The molecule has 0 spiro atoms. The second-order valence-electron chi connectivity index (χ2n) is 6.35. The van der Waals surface area contributed by atoms with Crippen LogP contribution in [0.15, 0.2) is 83.0 Å². The van der Waals surface area contributed by atoms with Gasteiger partial charge >= 0.3 is 5.75 Å². The molecule has 1 heterocycles. The Bertz CT molecular complexity index is 1070. The maximum atomic E-state index is 11.1. The van der Waals surface area contributed by atoms with Gasteiger partial charge in [-0.15, -0.1) is 0 Å². The number of hydrogen-bond donors (Lipinski definition) is 2. The van der Waals surface area contributed by atoms with Crippen molar-refractivity contribution in [3.05, 3.63) is 84.2 Å². The summed E-state index contributed by atoms with van der Waals surface area (Å²) < 4.78 is 37.9. The summed E-state index contributed by atoms with van der Waals surface area (Å²) in [6.07, 6.45) is 0. The summed E-state index contributed by atoms with van der Waals surface area (Å²) >= 11 is 0. The fraction of sp³-hybridized carbons (Fsp3) is 0.0952. The minimum absolute atomic E-state index is 0.0853. The zero-order chi connectivity index (χ0) is 22.3. The third kappa shape index (κ3) is 6.76. The molecule has 0 amide bonds. The Morgan fingerprint density at radius 1 is 0.774 bits per heavy atom. The van der Waals surface area contributed by atoms with E-state index in [1.165, 1.54) is 12.1 Å². The third-order valence-corrected chi connectivity index (χ3v) is 4.36. The molecule has 2 aromatic carbocycles. The van der Waals surface area contributed by atoms with Crippen LogP contribution in [0.1, 0.15) is 25.2 Å². The van der Waals surface area contributed by atoms with Crippen LogP contribution in [0, 0.1) is 10.2 Å². The van der Waals surface area contributed by atoms with Crippen molar-refractivity contribution in [3.63, 3.8) is 0 Å². The van der Waals surface area contributed by atoms with Crippen molar-refractivity contribution in [1.82, 2.24) is 4.98 Å². The predicted octanol–water partition coefficient (Wildman–Crippen LogP) is 1.03. The van der Waals surface area contributed by atoms with Crippen LogP contribution < -0.4 is 29.1 Å². The van der Waals surface area contributed by atoms with Crippen LogP contribution in [0.5, 0.6) is 5.75 Å². The molecule has 10 heteroatoms. The first-order valence-corrected chi connectivity index (χ1v) is 10.4. The molecule has 0 unspecified atom stereocenters. The first-order valence-electron chi connectivity index (χ1n) is 9.15. The second-order valence-corrected chi connectivity index (χ2v) is 7.26. The lowest BCUT2D eigenvalue weighted by molar-refractivity contribution is -1.91. The van der Waals surface area contributed by atoms with Gasteiger partial charge in [0.2, 0.25) is 0 Å². The van der Waals surface area contributed by atoms with Crippen molar-refractivity contribution in [3.8, 4) is 5.75 Å². The van der Waals surface area contributed by atoms with Crippen LogP contribution in [0.3, 0.4) is 0 Å². The molecule has 31 heavy (non-hydrogen) atoms. The number of nitrogens with zero attached hydrogens (tertiary/aromatic N) is 3. The summed E-state index contributed by atoms with van der Waals surface area (Å²) in [6, 6.07) is 21.4. The number of anilines is 2. The van der Waals surface area contributed by atoms with E-state index in [9.17, 15) is 14.0 Å². The van der Waals surface area contributed by atoms with Crippen LogP contribution in [0.2, 0.25) is 0 Å². The maximum Gasteiger partial charge on any atom is 0.315 e. The molecule has 0 aliphatic carbocycles. The van der Waals surface area contributed by atoms with Crippen molar-refractivity contribution in [2.24, 2.45) is 10.2 Å². The summed E-state index contributed by atoms with van der Waals surface area (Å²) in [5, 5.41) is 8.51. The fourth-order valence-corrected chi connectivity index (χ4v) is 2.83. The van der Waals surface area contributed by atoms with Crippen molar-refractivity contribution < 1.29 is 28.5 Å². The van der Waals surface area contributed by atoms with Crippen LogP contribution in [0.25, 0.3) is 0 Å². The van der Waals surface area contributed by atoms with Crippen molar-refractivity contribution in [2.75, 3.05) is 10.9 Å². The Labute approximate surface area is 181 Å². The molecule has 1 aromatic heterocycles. The number of rotatable bonds is 8. The Morgan fingerprint density at radius 3 is 1.81 bits per heavy atom. The van der Waals surface area contributed by atoms with Gasteiger partial charge < -0.3 is 0 Å². The zero-order valence-electron chi connectivity index (χ0n) is 16.8.